The van der Waals surface area contributed by atoms with E-state index in [1.165, 1.54) is 11.1 Å². The maximum atomic E-state index is 12.3. The molecule has 2 aromatic carbocycles. The number of hydrogen-bond donors (Lipinski definition) is 3. The summed E-state index contributed by atoms with van der Waals surface area (Å²) < 4.78 is 5.35. The number of amides is 1. The van der Waals surface area contributed by atoms with Crippen molar-refractivity contribution < 1.29 is 9.53 Å². The zero-order valence-electron chi connectivity index (χ0n) is 19.2. The van der Waals surface area contributed by atoms with Gasteiger partial charge < -0.3 is 20.7 Å². The number of nitrogens with one attached hydrogen (secondary N) is 3. The molecule has 0 atom stereocenters. The molecule has 0 spiro atoms. The predicted molar refractivity (Wildman–Crippen MR) is 130 cm³/mol. The first-order valence-corrected chi connectivity index (χ1v) is 11.4. The van der Waals surface area contributed by atoms with Crippen LogP contribution in [0, 0.1) is 6.92 Å². The smallest absolute Gasteiger partial charge is 0.225 e. The standard InChI is InChI=1S/C25H35N5O2/c1-3-26-25(27-18-21-9-7-20(2)8-10-21)28-19-22-5-4-6-23(17-22)29-24(31)11-12-30-13-15-32-16-14-30/h4-10,17H,3,11-16,18-19H2,1-2H3,(H,29,31)(H2,26,27,28). The average molecular weight is 438 g/mol. The van der Waals surface area contributed by atoms with Crippen LogP contribution in [0.3, 0.4) is 0 Å². The van der Waals surface area contributed by atoms with Crippen molar-refractivity contribution in [2.24, 2.45) is 4.99 Å². The van der Waals surface area contributed by atoms with E-state index >= 15 is 0 Å². The molecule has 0 saturated carbocycles. The fraction of sp³-hybridized carbons (Fsp3) is 0.440. The maximum Gasteiger partial charge on any atom is 0.225 e. The van der Waals surface area contributed by atoms with Crippen molar-refractivity contribution in [2.75, 3.05) is 44.7 Å². The van der Waals surface area contributed by atoms with E-state index in [0.717, 1.165) is 56.6 Å². The Morgan fingerprint density at radius 1 is 1.06 bits per heavy atom. The summed E-state index contributed by atoms with van der Waals surface area (Å²) in [6.45, 7) is 10.2. The van der Waals surface area contributed by atoms with Crippen LogP contribution in [0.2, 0.25) is 0 Å². The van der Waals surface area contributed by atoms with Crippen LogP contribution in [-0.4, -0.2) is 56.2 Å². The fourth-order valence-electron chi connectivity index (χ4n) is 3.46. The van der Waals surface area contributed by atoms with Gasteiger partial charge in [-0.2, -0.15) is 0 Å². The van der Waals surface area contributed by atoms with E-state index in [1.54, 1.807) is 0 Å². The molecule has 0 radical (unpaired) electrons. The molecule has 1 aliphatic heterocycles. The second kappa shape index (κ2) is 12.8. The minimum absolute atomic E-state index is 0.0326. The quantitative estimate of drug-likeness (QED) is 0.415. The van der Waals surface area contributed by atoms with Crippen LogP contribution in [-0.2, 0) is 22.6 Å². The molecule has 3 rings (SSSR count). The van der Waals surface area contributed by atoms with Gasteiger partial charge in [-0.05, 0) is 37.1 Å². The van der Waals surface area contributed by atoms with Gasteiger partial charge >= 0.3 is 0 Å². The lowest BCUT2D eigenvalue weighted by Crippen LogP contribution is -2.38. The first kappa shape index (κ1) is 23.8. The second-order valence-corrected chi connectivity index (χ2v) is 7.99. The number of carbonyl (C=O) groups is 1. The minimum atomic E-state index is 0.0326. The Morgan fingerprint density at radius 3 is 2.59 bits per heavy atom. The van der Waals surface area contributed by atoms with Crippen LogP contribution in [0.4, 0.5) is 5.69 Å². The van der Waals surface area contributed by atoms with Gasteiger partial charge in [-0.1, -0.05) is 42.0 Å². The van der Waals surface area contributed by atoms with Crippen molar-refractivity contribution >= 4 is 17.6 Å². The number of rotatable bonds is 9. The van der Waals surface area contributed by atoms with Gasteiger partial charge in [0.15, 0.2) is 5.96 Å². The number of anilines is 1. The van der Waals surface area contributed by atoms with Crippen molar-refractivity contribution in [3.8, 4) is 0 Å². The van der Waals surface area contributed by atoms with Crippen molar-refractivity contribution in [3.63, 3.8) is 0 Å². The van der Waals surface area contributed by atoms with Gasteiger partial charge in [-0.3, -0.25) is 9.69 Å². The van der Waals surface area contributed by atoms with Crippen LogP contribution in [0.15, 0.2) is 53.5 Å². The summed E-state index contributed by atoms with van der Waals surface area (Å²) in [4.78, 5) is 19.3. The van der Waals surface area contributed by atoms with Crippen LogP contribution in [0.5, 0.6) is 0 Å². The molecule has 32 heavy (non-hydrogen) atoms. The summed E-state index contributed by atoms with van der Waals surface area (Å²) in [6.07, 6.45) is 0.482. The normalized spacial score (nSPS) is 14.8. The third-order valence-electron chi connectivity index (χ3n) is 5.31. The molecule has 0 bridgehead atoms. The lowest BCUT2D eigenvalue weighted by atomic mass is 10.1. The van der Waals surface area contributed by atoms with Crippen LogP contribution in [0.25, 0.3) is 0 Å². The van der Waals surface area contributed by atoms with Gasteiger partial charge in [0.25, 0.3) is 0 Å². The highest BCUT2D eigenvalue weighted by Crippen LogP contribution is 2.12. The number of nitrogens with zero attached hydrogens (tertiary/aromatic N) is 2. The fourth-order valence-corrected chi connectivity index (χ4v) is 3.46. The van der Waals surface area contributed by atoms with Crippen molar-refractivity contribution in [2.45, 2.75) is 33.4 Å². The predicted octanol–water partition coefficient (Wildman–Crippen LogP) is 2.91. The Kier molecular flexibility index (Phi) is 9.53. The largest absolute Gasteiger partial charge is 0.379 e. The van der Waals surface area contributed by atoms with Gasteiger partial charge in [-0.25, -0.2) is 4.99 Å². The number of hydrogen-bond acceptors (Lipinski definition) is 4. The third-order valence-corrected chi connectivity index (χ3v) is 5.31. The van der Waals surface area contributed by atoms with E-state index in [1.807, 2.05) is 24.3 Å². The van der Waals surface area contributed by atoms with Crippen molar-refractivity contribution in [3.05, 3.63) is 65.2 Å². The summed E-state index contributed by atoms with van der Waals surface area (Å²) in [5.41, 5.74) is 4.32. The van der Waals surface area contributed by atoms with Gasteiger partial charge in [0.05, 0.1) is 19.8 Å². The van der Waals surface area contributed by atoms with E-state index in [9.17, 15) is 4.79 Å². The zero-order chi connectivity index (χ0) is 22.6. The molecular weight excluding hydrogens is 402 g/mol. The molecule has 1 heterocycles. The van der Waals surface area contributed by atoms with E-state index < -0.39 is 0 Å². The summed E-state index contributed by atoms with van der Waals surface area (Å²) in [5.74, 6) is 0.804. The number of carbonyl (C=O) groups excluding carboxylic acids is 1. The zero-order valence-corrected chi connectivity index (χ0v) is 19.2. The number of aryl methyl sites for hydroxylation is 1. The van der Waals surface area contributed by atoms with E-state index in [-0.39, 0.29) is 5.91 Å². The Bertz CT molecular complexity index is 876. The molecule has 0 aromatic heterocycles. The first-order chi connectivity index (χ1) is 15.6. The van der Waals surface area contributed by atoms with E-state index in [2.05, 4.69) is 59.0 Å². The Labute approximate surface area is 191 Å². The molecule has 1 amide bonds. The van der Waals surface area contributed by atoms with Crippen LogP contribution >= 0.6 is 0 Å². The molecule has 7 heteroatoms. The summed E-state index contributed by atoms with van der Waals surface area (Å²) >= 11 is 0. The second-order valence-electron chi connectivity index (χ2n) is 7.99. The van der Waals surface area contributed by atoms with Crippen LogP contribution < -0.4 is 16.0 Å². The minimum Gasteiger partial charge on any atom is -0.379 e. The number of ether oxygens (including phenoxy) is 1. The first-order valence-electron chi connectivity index (χ1n) is 11.4. The summed E-state index contributed by atoms with van der Waals surface area (Å²) in [5, 5.41) is 9.67. The monoisotopic (exact) mass is 437 g/mol. The van der Waals surface area contributed by atoms with Gasteiger partial charge in [-0.15, -0.1) is 0 Å². The highest BCUT2D eigenvalue weighted by Gasteiger charge is 2.12. The Morgan fingerprint density at radius 2 is 1.84 bits per heavy atom. The molecule has 0 aliphatic carbocycles. The summed E-state index contributed by atoms with van der Waals surface area (Å²) in [6, 6.07) is 16.4. The Balaban J connectivity index is 1.50. The lowest BCUT2D eigenvalue weighted by molar-refractivity contribution is -0.116. The highest BCUT2D eigenvalue weighted by atomic mass is 16.5. The van der Waals surface area contributed by atoms with Crippen LogP contribution in [0.1, 0.15) is 30.0 Å². The molecule has 1 saturated heterocycles. The number of aliphatic imine (C=N–C) groups is 1. The SMILES string of the molecule is CCNC(=NCc1cccc(NC(=O)CCN2CCOCC2)c1)NCc1ccc(C)cc1. The molecule has 7 nitrogen and oxygen atoms in total. The maximum absolute atomic E-state index is 12.3. The molecule has 3 N–H and O–H groups in total. The lowest BCUT2D eigenvalue weighted by Gasteiger charge is -2.26. The highest BCUT2D eigenvalue weighted by molar-refractivity contribution is 5.90. The van der Waals surface area contributed by atoms with Gasteiger partial charge in [0.1, 0.15) is 0 Å². The molecule has 172 valence electrons. The number of guanidine groups is 1. The molecule has 2 aromatic rings. The topological polar surface area (TPSA) is 78.0 Å². The summed E-state index contributed by atoms with van der Waals surface area (Å²) in [7, 11) is 0. The van der Waals surface area contributed by atoms with E-state index in [0.29, 0.717) is 19.5 Å². The van der Waals surface area contributed by atoms with Crippen molar-refractivity contribution in [1.82, 2.24) is 15.5 Å². The van der Waals surface area contributed by atoms with Crippen molar-refractivity contribution in [1.29, 1.82) is 0 Å². The van der Waals surface area contributed by atoms with E-state index in [4.69, 9.17) is 9.73 Å². The van der Waals surface area contributed by atoms with Gasteiger partial charge in [0.2, 0.25) is 5.91 Å². The Hall–Kier alpha value is -2.90. The molecule has 1 aliphatic rings. The average Bonchev–Trinajstić information content (AvgIpc) is 2.81. The number of benzene rings is 2. The molecular formula is C25H35N5O2. The molecule has 0 unspecified atom stereocenters. The number of morpholine rings is 1. The molecule has 1 fully saturated rings. The van der Waals surface area contributed by atoms with Gasteiger partial charge in [0, 0.05) is 44.8 Å². The third kappa shape index (κ3) is 8.32.